The van der Waals surface area contributed by atoms with Crippen molar-refractivity contribution in [1.82, 2.24) is 9.80 Å². The Balaban J connectivity index is 2.39. The first-order valence-corrected chi connectivity index (χ1v) is 8.04. The summed E-state index contributed by atoms with van der Waals surface area (Å²) in [6, 6.07) is 0.363. The Kier molecular flexibility index (Phi) is 6.99. The third kappa shape index (κ3) is 5.94. The number of urea groups is 1. The topological polar surface area (TPSA) is 60.9 Å². The summed E-state index contributed by atoms with van der Waals surface area (Å²) >= 11 is 0. The zero-order chi connectivity index (χ0) is 16.0. The van der Waals surface area contributed by atoms with E-state index < -0.39 is 5.97 Å². The maximum absolute atomic E-state index is 12.5. The fourth-order valence-corrected chi connectivity index (χ4v) is 2.99. The number of rotatable bonds is 6. The first-order chi connectivity index (χ1) is 9.81. The Hall–Kier alpha value is -1.26. The van der Waals surface area contributed by atoms with Crippen molar-refractivity contribution in [3.8, 4) is 0 Å². The van der Waals surface area contributed by atoms with Gasteiger partial charge in [-0.25, -0.2) is 4.79 Å². The summed E-state index contributed by atoms with van der Waals surface area (Å²) in [5, 5.41) is 8.72. The molecule has 1 fully saturated rings. The minimum Gasteiger partial charge on any atom is -0.481 e. The zero-order valence-corrected chi connectivity index (χ0v) is 13.8. The van der Waals surface area contributed by atoms with Crippen LogP contribution in [-0.2, 0) is 4.79 Å². The van der Waals surface area contributed by atoms with Crippen LogP contribution in [-0.4, -0.2) is 53.1 Å². The Morgan fingerprint density at radius 3 is 2.29 bits per heavy atom. The molecule has 1 N–H and O–H groups in total. The number of aliphatic carboxylic acids is 1. The van der Waals surface area contributed by atoms with Crippen LogP contribution in [0.3, 0.4) is 0 Å². The number of carbonyl (C=O) groups is 2. The standard InChI is InChI=1S/C16H30N2O3/c1-12(2)11-13(3)17(4)16(21)18-9-7-14(8-10-18)5-6-15(19)20/h12-14H,5-11H2,1-4H3,(H,19,20). The Morgan fingerprint density at radius 1 is 1.24 bits per heavy atom. The minimum atomic E-state index is -0.726. The van der Waals surface area contributed by atoms with Crippen LogP contribution < -0.4 is 0 Å². The zero-order valence-electron chi connectivity index (χ0n) is 13.8. The van der Waals surface area contributed by atoms with Gasteiger partial charge >= 0.3 is 12.0 Å². The van der Waals surface area contributed by atoms with Crippen molar-refractivity contribution < 1.29 is 14.7 Å². The highest BCUT2D eigenvalue weighted by molar-refractivity contribution is 5.74. The van der Waals surface area contributed by atoms with Crippen molar-refractivity contribution in [3.63, 3.8) is 0 Å². The monoisotopic (exact) mass is 298 g/mol. The number of amides is 2. The molecule has 0 aromatic rings. The van der Waals surface area contributed by atoms with E-state index in [1.807, 2.05) is 16.8 Å². The Bertz CT molecular complexity index is 349. The van der Waals surface area contributed by atoms with Crippen LogP contribution in [0.15, 0.2) is 0 Å². The maximum atomic E-state index is 12.5. The van der Waals surface area contributed by atoms with Gasteiger partial charge in [-0.1, -0.05) is 13.8 Å². The van der Waals surface area contributed by atoms with E-state index in [-0.39, 0.29) is 18.5 Å². The van der Waals surface area contributed by atoms with E-state index in [4.69, 9.17) is 5.11 Å². The van der Waals surface area contributed by atoms with Gasteiger partial charge in [-0.05, 0) is 44.4 Å². The number of nitrogens with zero attached hydrogens (tertiary/aromatic N) is 2. The molecule has 1 heterocycles. The average molecular weight is 298 g/mol. The molecule has 1 aliphatic rings. The summed E-state index contributed by atoms with van der Waals surface area (Å²) < 4.78 is 0. The van der Waals surface area contributed by atoms with Gasteiger partial charge in [0.25, 0.3) is 0 Å². The number of hydrogen-bond donors (Lipinski definition) is 1. The Morgan fingerprint density at radius 2 is 1.81 bits per heavy atom. The smallest absolute Gasteiger partial charge is 0.319 e. The van der Waals surface area contributed by atoms with Crippen LogP contribution in [0.5, 0.6) is 0 Å². The fourth-order valence-electron chi connectivity index (χ4n) is 2.99. The van der Waals surface area contributed by atoms with Crippen molar-refractivity contribution in [2.45, 2.75) is 58.9 Å². The van der Waals surface area contributed by atoms with E-state index in [1.54, 1.807) is 0 Å². The van der Waals surface area contributed by atoms with Gasteiger partial charge in [-0.15, -0.1) is 0 Å². The van der Waals surface area contributed by atoms with Gasteiger partial charge in [0, 0.05) is 32.6 Å². The number of carboxylic acids is 1. The first kappa shape index (κ1) is 17.8. The van der Waals surface area contributed by atoms with Crippen molar-refractivity contribution in [2.75, 3.05) is 20.1 Å². The Labute approximate surface area is 128 Å². The molecule has 1 saturated heterocycles. The fraction of sp³-hybridized carbons (Fsp3) is 0.875. The summed E-state index contributed by atoms with van der Waals surface area (Å²) in [5.74, 6) is 0.302. The molecule has 0 aromatic heterocycles. The van der Waals surface area contributed by atoms with Crippen LogP contribution >= 0.6 is 0 Å². The second kappa shape index (κ2) is 8.25. The van der Waals surface area contributed by atoms with Crippen molar-refractivity contribution in [2.24, 2.45) is 11.8 Å². The lowest BCUT2D eigenvalue weighted by molar-refractivity contribution is -0.137. The molecule has 0 aromatic carbocycles. The lowest BCUT2D eigenvalue weighted by atomic mass is 9.92. The SMILES string of the molecule is CC(C)CC(C)N(C)C(=O)N1CCC(CCC(=O)O)CC1. The second-order valence-electron chi connectivity index (χ2n) is 6.73. The van der Waals surface area contributed by atoms with Crippen molar-refractivity contribution in [1.29, 1.82) is 0 Å². The van der Waals surface area contributed by atoms with Crippen LogP contribution in [0.2, 0.25) is 0 Å². The molecule has 0 saturated carbocycles. The molecule has 0 aliphatic carbocycles. The number of piperidine rings is 1. The molecule has 5 heteroatoms. The highest BCUT2D eigenvalue weighted by atomic mass is 16.4. The molecule has 21 heavy (non-hydrogen) atoms. The van der Waals surface area contributed by atoms with E-state index >= 15 is 0 Å². The van der Waals surface area contributed by atoms with Crippen molar-refractivity contribution >= 4 is 12.0 Å². The number of carboxylic acid groups (broad SMARTS) is 1. The van der Waals surface area contributed by atoms with E-state index in [1.165, 1.54) is 0 Å². The summed E-state index contributed by atoms with van der Waals surface area (Å²) in [7, 11) is 1.88. The van der Waals surface area contributed by atoms with E-state index in [9.17, 15) is 9.59 Å². The molecule has 122 valence electrons. The van der Waals surface area contributed by atoms with Gasteiger partial charge in [0.15, 0.2) is 0 Å². The van der Waals surface area contributed by atoms with E-state index in [0.717, 1.165) is 38.8 Å². The largest absolute Gasteiger partial charge is 0.481 e. The average Bonchev–Trinajstić information content (AvgIpc) is 2.43. The van der Waals surface area contributed by atoms with Crippen LogP contribution in [0.4, 0.5) is 4.79 Å². The lowest BCUT2D eigenvalue weighted by Gasteiger charge is -2.36. The van der Waals surface area contributed by atoms with E-state index in [2.05, 4.69) is 20.8 Å². The number of hydrogen-bond acceptors (Lipinski definition) is 2. The predicted octanol–water partition coefficient (Wildman–Crippen LogP) is 3.05. The quantitative estimate of drug-likeness (QED) is 0.820. The van der Waals surface area contributed by atoms with Crippen LogP contribution in [0.1, 0.15) is 52.9 Å². The molecule has 1 unspecified atom stereocenters. The summed E-state index contributed by atoms with van der Waals surface area (Å²) in [5.41, 5.74) is 0. The molecular formula is C16H30N2O3. The van der Waals surface area contributed by atoms with Gasteiger partial charge in [0.1, 0.15) is 0 Å². The molecule has 0 spiro atoms. The van der Waals surface area contributed by atoms with Crippen molar-refractivity contribution in [3.05, 3.63) is 0 Å². The molecule has 0 radical (unpaired) electrons. The molecule has 1 aliphatic heterocycles. The summed E-state index contributed by atoms with van der Waals surface area (Å²) in [4.78, 5) is 26.8. The minimum absolute atomic E-state index is 0.111. The molecular weight excluding hydrogens is 268 g/mol. The van der Waals surface area contributed by atoms with Gasteiger partial charge in [0.2, 0.25) is 0 Å². The van der Waals surface area contributed by atoms with E-state index in [0.29, 0.717) is 11.8 Å². The van der Waals surface area contributed by atoms with Gasteiger partial charge in [0.05, 0.1) is 0 Å². The third-order valence-electron chi connectivity index (χ3n) is 4.43. The third-order valence-corrected chi connectivity index (χ3v) is 4.43. The lowest BCUT2D eigenvalue weighted by Crippen LogP contribution is -2.48. The highest BCUT2D eigenvalue weighted by Crippen LogP contribution is 2.23. The highest BCUT2D eigenvalue weighted by Gasteiger charge is 2.27. The van der Waals surface area contributed by atoms with Gasteiger partial charge in [-0.3, -0.25) is 4.79 Å². The first-order valence-electron chi connectivity index (χ1n) is 8.04. The summed E-state index contributed by atoms with van der Waals surface area (Å²) in [6.07, 6.45) is 3.83. The van der Waals surface area contributed by atoms with Crippen LogP contribution in [0.25, 0.3) is 0 Å². The van der Waals surface area contributed by atoms with Gasteiger partial charge < -0.3 is 14.9 Å². The molecule has 0 bridgehead atoms. The maximum Gasteiger partial charge on any atom is 0.319 e. The second-order valence-corrected chi connectivity index (χ2v) is 6.73. The molecule has 1 atom stereocenters. The molecule has 5 nitrogen and oxygen atoms in total. The number of likely N-dealkylation sites (tertiary alicyclic amines) is 1. The van der Waals surface area contributed by atoms with Gasteiger partial charge in [-0.2, -0.15) is 0 Å². The molecule has 1 rings (SSSR count). The summed E-state index contributed by atoms with van der Waals surface area (Å²) in [6.45, 7) is 7.94. The normalized spacial score (nSPS) is 17.9. The van der Waals surface area contributed by atoms with Crippen LogP contribution in [0, 0.1) is 11.8 Å². The number of carbonyl (C=O) groups excluding carboxylic acids is 1. The molecule has 2 amide bonds. The predicted molar refractivity (Wildman–Crippen MR) is 83.2 cm³/mol.